The third kappa shape index (κ3) is 3.96. The molecule has 7 nitrogen and oxygen atoms in total. The monoisotopic (exact) mass is 424 g/mol. The minimum atomic E-state index is -0.449. The van der Waals surface area contributed by atoms with Gasteiger partial charge in [0, 0.05) is 16.1 Å². The molecule has 0 saturated carbocycles. The number of aryl methyl sites for hydroxylation is 1. The molecule has 0 aliphatic carbocycles. The number of nitrogens with zero attached hydrogens (tertiary/aromatic N) is 2. The van der Waals surface area contributed by atoms with Crippen molar-refractivity contribution in [2.24, 2.45) is 0 Å². The fourth-order valence-corrected chi connectivity index (χ4v) is 4.25. The highest BCUT2D eigenvalue weighted by Crippen LogP contribution is 2.21. The molecule has 0 unspecified atom stereocenters. The van der Waals surface area contributed by atoms with Crippen LogP contribution in [0.15, 0.2) is 59.0 Å². The summed E-state index contributed by atoms with van der Waals surface area (Å²) in [5.74, 6) is -0.652. The summed E-state index contributed by atoms with van der Waals surface area (Å²) in [7, 11) is 0. The zero-order valence-corrected chi connectivity index (χ0v) is 17.0. The topological polar surface area (TPSA) is 93.1 Å². The van der Waals surface area contributed by atoms with Crippen molar-refractivity contribution in [1.29, 1.82) is 0 Å². The molecule has 146 valence electrons. The molecule has 2 N–H and O–H groups in total. The summed E-state index contributed by atoms with van der Waals surface area (Å²) in [6.45, 7) is 2.01. The van der Waals surface area contributed by atoms with Gasteiger partial charge in [-0.2, -0.15) is 0 Å². The number of nitrogens with one attached hydrogen (secondary N) is 2. The van der Waals surface area contributed by atoms with Gasteiger partial charge in [-0.3, -0.25) is 19.8 Å². The number of benzene rings is 1. The van der Waals surface area contributed by atoms with Crippen LogP contribution in [0.1, 0.15) is 31.8 Å². The third-order valence-corrected chi connectivity index (χ3v) is 6.28. The molecular weight excluding hydrogens is 408 g/mol. The summed E-state index contributed by atoms with van der Waals surface area (Å²) in [6.07, 6.45) is 2.14. The van der Waals surface area contributed by atoms with E-state index in [0.29, 0.717) is 26.3 Å². The normalized spacial score (nSPS) is 10.8. The summed E-state index contributed by atoms with van der Waals surface area (Å²) in [5, 5.41) is 5.09. The van der Waals surface area contributed by atoms with Gasteiger partial charge in [0.15, 0.2) is 0 Å². The molecule has 0 aliphatic rings. The Morgan fingerprint density at radius 1 is 1.14 bits per heavy atom. The first-order valence-electron chi connectivity index (χ1n) is 8.81. The number of carbonyl (C=O) groups is 2. The largest absolute Gasteiger partial charge is 0.321 e. The summed E-state index contributed by atoms with van der Waals surface area (Å²) in [4.78, 5) is 43.7. The van der Waals surface area contributed by atoms with E-state index in [-0.39, 0.29) is 11.5 Å². The van der Waals surface area contributed by atoms with Gasteiger partial charge in [-0.15, -0.1) is 22.7 Å². The molecule has 3 heterocycles. The van der Waals surface area contributed by atoms with Gasteiger partial charge in [0.2, 0.25) is 0 Å². The number of hydrogen-bond donors (Lipinski definition) is 2. The second-order valence-corrected chi connectivity index (χ2v) is 8.22. The molecule has 9 heteroatoms. The van der Waals surface area contributed by atoms with Crippen molar-refractivity contribution in [1.82, 2.24) is 9.66 Å². The van der Waals surface area contributed by atoms with Crippen LogP contribution < -0.4 is 16.3 Å². The fraction of sp³-hybridized carbons (Fsp3) is 0.100. The molecular formula is C20H16N4O3S2. The number of amides is 2. The van der Waals surface area contributed by atoms with Gasteiger partial charge in [-0.25, -0.2) is 9.66 Å². The van der Waals surface area contributed by atoms with Gasteiger partial charge < -0.3 is 5.32 Å². The molecule has 0 aliphatic heterocycles. The second kappa shape index (κ2) is 7.98. The quantitative estimate of drug-likeness (QED) is 0.511. The number of rotatable bonds is 5. The Balaban J connectivity index is 1.48. The van der Waals surface area contributed by atoms with E-state index in [0.717, 1.165) is 16.0 Å². The number of aromatic nitrogens is 2. The lowest BCUT2D eigenvalue weighted by Gasteiger charge is -2.08. The van der Waals surface area contributed by atoms with Crippen LogP contribution in [0.3, 0.4) is 0 Å². The maximum Gasteiger partial charge on any atom is 0.280 e. The number of carbonyl (C=O) groups excluding carboxylic acids is 2. The molecule has 0 spiro atoms. The smallest absolute Gasteiger partial charge is 0.280 e. The predicted octanol–water partition coefficient (Wildman–Crippen LogP) is 3.72. The van der Waals surface area contributed by atoms with E-state index in [4.69, 9.17) is 0 Å². The minimum absolute atomic E-state index is 0.203. The van der Waals surface area contributed by atoms with Gasteiger partial charge in [0.1, 0.15) is 11.2 Å². The van der Waals surface area contributed by atoms with Crippen LogP contribution in [0.5, 0.6) is 0 Å². The molecule has 3 aromatic heterocycles. The molecule has 0 saturated heterocycles. The average molecular weight is 425 g/mol. The van der Waals surface area contributed by atoms with Crippen LogP contribution in [0.4, 0.5) is 5.69 Å². The van der Waals surface area contributed by atoms with Crippen molar-refractivity contribution in [3.05, 3.63) is 79.8 Å². The highest BCUT2D eigenvalue weighted by atomic mass is 32.1. The highest BCUT2D eigenvalue weighted by molar-refractivity contribution is 7.18. The second-order valence-electron chi connectivity index (χ2n) is 6.15. The van der Waals surface area contributed by atoms with E-state index >= 15 is 0 Å². The van der Waals surface area contributed by atoms with Crippen LogP contribution in [-0.2, 0) is 6.42 Å². The number of hydrogen-bond acceptors (Lipinski definition) is 6. The Morgan fingerprint density at radius 3 is 2.62 bits per heavy atom. The van der Waals surface area contributed by atoms with Gasteiger partial charge >= 0.3 is 0 Å². The molecule has 4 rings (SSSR count). The van der Waals surface area contributed by atoms with E-state index in [9.17, 15) is 14.4 Å². The van der Waals surface area contributed by atoms with Crippen molar-refractivity contribution in [3.8, 4) is 0 Å². The first-order valence-corrected chi connectivity index (χ1v) is 10.5. The zero-order chi connectivity index (χ0) is 20.4. The number of anilines is 1. The van der Waals surface area contributed by atoms with Gasteiger partial charge in [0.05, 0.1) is 10.3 Å². The average Bonchev–Trinajstić information content (AvgIpc) is 3.40. The van der Waals surface area contributed by atoms with Gasteiger partial charge in [-0.05, 0) is 48.2 Å². The van der Waals surface area contributed by atoms with Crippen LogP contribution in [0.25, 0.3) is 10.2 Å². The fourth-order valence-electron chi connectivity index (χ4n) is 2.71. The van der Waals surface area contributed by atoms with Crippen LogP contribution in [0.2, 0.25) is 0 Å². The Kier molecular flexibility index (Phi) is 5.24. The molecule has 2 amide bonds. The number of fused-ring (bicyclic) bond motifs is 1. The molecule has 0 radical (unpaired) electrons. The van der Waals surface area contributed by atoms with Gasteiger partial charge in [-0.1, -0.05) is 13.0 Å². The Bertz CT molecular complexity index is 1240. The molecule has 1 aromatic carbocycles. The number of thiophene rings is 2. The van der Waals surface area contributed by atoms with Crippen LogP contribution in [0, 0.1) is 0 Å². The first kappa shape index (κ1) is 19.0. The molecule has 0 bridgehead atoms. The van der Waals surface area contributed by atoms with Crippen molar-refractivity contribution in [3.63, 3.8) is 0 Å². The summed E-state index contributed by atoms with van der Waals surface area (Å²) in [6, 6.07) is 11.8. The standard InChI is InChI=1S/C20H16N4O3S2/c1-2-14-10-15-19(29-14)21-11-24(20(15)27)23-17(25)12-5-7-13(8-6-12)22-18(26)16-4-3-9-28-16/h3-11H,2H2,1H3,(H,22,26)(H,23,25). The third-order valence-electron chi connectivity index (χ3n) is 4.22. The molecule has 0 fully saturated rings. The van der Waals surface area contributed by atoms with Crippen molar-refractivity contribution in [2.45, 2.75) is 13.3 Å². The minimum Gasteiger partial charge on any atom is -0.321 e. The summed E-state index contributed by atoms with van der Waals surface area (Å²) in [5.41, 5.74) is 3.16. The summed E-state index contributed by atoms with van der Waals surface area (Å²) >= 11 is 2.82. The van der Waals surface area contributed by atoms with E-state index in [1.807, 2.05) is 18.4 Å². The molecule has 29 heavy (non-hydrogen) atoms. The Labute approximate surface area is 173 Å². The van der Waals surface area contributed by atoms with Crippen LogP contribution >= 0.6 is 22.7 Å². The maximum absolute atomic E-state index is 12.6. The lowest BCUT2D eigenvalue weighted by Crippen LogP contribution is -2.33. The van der Waals surface area contributed by atoms with E-state index in [2.05, 4.69) is 15.7 Å². The lowest BCUT2D eigenvalue weighted by molar-refractivity contribution is 0.100. The zero-order valence-electron chi connectivity index (χ0n) is 15.3. The van der Waals surface area contributed by atoms with Crippen molar-refractivity contribution < 1.29 is 9.59 Å². The molecule has 0 atom stereocenters. The highest BCUT2D eigenvalue weighted by Gasteiger charge is 2.12. The lowest BCUT2D eigenvalue weighted by atomic mass is 10.2. The maximum atomic E-state index is 12.6. The van der Waals surface area contributed by atoms with E-state index in [1.54, 1.807) is 36.4 Å². The SMILES string of the molecule is CCc1cc2c(=O)n(NC(=O)c3ccc(NC(=O)c4cccs4)cc3)cnc2s1. The van der Waals surface area contributed by atoms with Crippen LogP contribution in [-0.4, -0.2) is 21.5 Å². The molecule has 4 aromatic rings. The van der Waals surface area contributed by atoms with E-state index < -0.39 is 5.91 Å². The summed E-state index contributed by atoms with van der Waals surface area (Å²) < 4.78 is 1.09. The predicted molar refractivity (Wildman–Crippen MR) is 116 cm³/mol. The van der Waals surface area contributed by atoms with Crippen molar-refractivity contribution in [2.75, 3.05) is 10.7 Å². The van der Waals surface area contributed by atoms with Gasteiger partial charge in [0.25, 0.3) is 17.4 Å². The van der Waals surface area contributed by atoms with E-state index in [1.165, 1.54) is 29.0 Å². The Hall–Kier alpha value is -3.30. The first-order chi connectivity index (χ1) is 14.0. The Morgan fingerprint density at radius 2 is 1.93 bits per heavy atom. The van der Waals surface area contributed by atoms with Crippen molar-refractivity contribution >= 4 is 50.4 Å².